The SMILES string of the molecule is CC1(C)c2ccccc2-c2c1ccc1c2c2ccccc2n1-c1ccc(-c2nc(-c3ccccc3)nc(-c3ccc4c(c3)oc3cccc(-c5ccccc5)c34)n2)cc1. The van der Waals surface area contributed by atoms with E-state index in [4.69, 9.17) is 19.4 Å². The Morgan fingerprint density at radius 3 is 1.83 bits per heavy atom. The van der Waals surface area contributed by atoms with Crippen molar-refractivity contribution in [3.63, 3.8) is 0 Å². The van der Waals surface area contributed by atoms with Gasteiger partial charge in [0.05, 0.1) is 11.0 Å². The van der Waals surface area contributed by atoms with Crippen LogP contribution in [0.5, 0.6) is 0 Å². The fourth-order valence-electron chi connectivity index (χ4n) is 9.46. The molecule has 0 N–H and O–H groups in total. The van der Waals surface area contributed by atoms with Crippen molar-refractivity contribution < 1.29 is 4.42 Å². The molecule has 0 atom stereocenters. The van der Waals surface area contributed by atoms with Gasteiger partial charge in [0.1, 0.15) is 11.2 Å². The third kappa shape index (κ3) is 5.08. The molecule has 0 radical (unpaired) electrons. The molecule has 0 aliphatic heterocycles. The molecule has 278 valence electrons. The number of benzene rings is 8. The van der Waals surface area contributed by atoms with Crippen molar-refractivity contribution in [2.24, 2.45) is 0 Å². The zero-order valence-corrected chi connectivity index (χ0v) is 32.5. The molecule has 3 heterocycles. The number of aromatic nitrogens is 4. The quantitative estimate of drug-likeness (QED) is 0.175. The van der Waals surface area contributed by atoms with E-state index in [-0.39, 0.29) is 5.41 Å². The monoisotopic (exact) mass is 756 g/mol. The molecule has 0 bridgehead atoms. The molecule has 0 fully saturated rings. The first-order chi connectivity index (χ1) is 29.0. The predicted octanol–water partition coefficient (Wildman–Crippen LogP) is 13.8. The fraction of sp³-hybridized carbons (Fsp3) is 0.0556. The maximum absolute atomic E-state index is 6.49. The van der Waals surface area contributed by atoms with E-state index in [1.807, 2.05) is 42.5 Å². The van der Waals surface area contributed by atoms with Gasteiger partial charge in [-0.2, -0.15) is 0 Å². The minimum Gasteiger partial charge on any atom is -0.456 e. The molecule has 0 saturated heterocycles. The van der Waals surface area contributed by atoms with E-state index < -0.39 is 0 Å². The third-order valence-electron chi connectivity index (χ3n) is 12.3. The number of para-hydroxylation sites is 1. The first-order valence-corrected chi connectivity index (χ1v) is 20.1. The predicted molar refractivity (Wildman–Crippen MR) is 241 cm³/mol. The highest BCUT2D eigenvalue weighted by Crippen LogP contribution is 2.53. The highest BCUT2D eigenvalue weighted by molar-refractivity contribution is 6.18. The molecule has 0 saturated carbocycles. The maximum atomic E-state index is 6.49. The van der Waals surface area contributed by atoms with Gasteiger partial charge in [-0.25, -0.2) is 15.0 Å². The lowest BCUT2D eigenvalue weighted by atomic mass is 9.82. The first kappa shape index (κ1) is 33.5. The molecule has 1 aliphatic rings. The Kier molecular flexibility index (Phi) is 7.20. The Morgan fingerprint density at radius 1 is 0.424 bits per heavy atom. The number of hydrogen-bond donors (Lipinski definition) is 0. The number of hydrogen-bond acceptors (Lipinski definition) is 4. The van der Waals surface area contributed by atoms with Crippen LogP contribution in [0.3, 0.4) is 0 Å². The van der Waals surface area contributed by atoms with Crippen LogP contribution < -0.4 is 0 Å². The van der Waals surface area contributed by atoms with Gasteiger partial charge >= 0.3 is 0 Å². The smallest absolute Gasteiger partial charge is 0.164 e. The van der Waals surface area contributed by atoms with Crippen molar-refractivity contribution in [2.45, 2.75) is 19.3 Å². The van der Waals surface area contributed by atoms with Crippen molar-refractivity contribution in [3.8, 4) is 62.1 Å². The summed E-state index contributed by atoms with van der Waals surface area (Å²) in [4.78, 5) is 15.2. The normalized spacial score (nSPS) is 13.1. The third-order valence-corrected chi connectivity index (χ3v) is 12.3. The molecule has 5 heteroatoms. The van der Waals surface area contributed by atoms with Crippen LogP contribution in [0, 0.1) is 0 Å². The van der Waals surface area contributed by atoms with E-state index in [1.54, 1.807) is 0 Å². The minimum absolute atomic E-state index is 0.0727. The van der Waals surface area contributed by atoms with Crippen molar-refractivity contribution >= 4 is 43.7 Å². The fourth-order valence-corrected chi connectivity index (χ4v) is 9.46. The van der Waals surface area contributed by atoms with Gasteiger partial charge in [-0.05, 0) is 88.0 Å². The Hall–Kier alpha value is -7.63. The van der Waals surface area contributed by atoms with Gasteiger partial charge in [0.15, 0.2) is 17.5 Å². The van der Waals surface area contributed by atoms with Crippen LogP contribution in [0.25, 0.3) is 106 Å². The van der Waals surface area contributed by atoms with Crippen LogP contribution >= 0.6 is 0 Å². The average Bonchev–Trinajstić information content (AvgIpc) is 3.92. The molecule has 59 heavy (non-hydrogen) atoms. The molecule has 3 aromatic heterocycles. The second kappa shape index (κ2) is 12.7. The number of rotatable bonds is 5. The Morgan fingerprint density at radius 2 is 1.05 bits per heavy atom. The molecule has 0 unspecified atom stereocenters. The van der Waals surface area contributed by atoms with Crippen LogP contribution in [0.4, 0.5) is 0 Å². The van der Waals surface area contributed by atoms with Crippen molar-refractivity contribution in [1.82, 2.24) is 19.5 Å². The molecule has 11 aromatic rings. The zero-order chi connectivity index (χ0) is 39.2. The van der Waals surface area contributed by atoms with Gasteiger partial charge in [0.2, 0.25) is 0 Å². The van der Waals surface area contributed by atoms with Gasteiger partial charge in [-0.15, -0.1) is 0 Å². The van der Waals surface area contributed by atoms with E-state index >= 15 is 0 Å². The highest BCUT2D eigenvalue weighted by atomic mass is 16.3. The lowest BCUT2D eigenvalue weighted by molar-refractivity contribution is 0.661. The van der Waals surface area contributed by atoms with Crippen LogP contribution in [-0.2, 0) is 5.41 Å². The lowest BCUT2D eigenvalue weighted by Gasteiger charge is -2.21. The molecule has 0 amide bonds. The number of fused-ring (bicyclic) bond motifs is 10. The summed E-state index contributed by atoms with van der Waals surface area (Å²) < 4.78 is 8.89. The summed E-state index contributed by atoms with van der Waals surface area (Å²) in [7, 11) is 0. The molecule has 12 rings (SSSR count). The Balaban J connectivity index is 0.988. The Bertz CT molecular complexity index is 3450. The van der Waals surface area contributed by atoms with Crippen molar-refractivity contribution in [3.05, 3.63) is 193 Å². The average molecular weight is 757 g/mol. The highest BCUT2D eigenvalue weighted by Gasteiger charge is 2.37. The van der Waals surface area contributed by atoms with E-state index in [2.05, 4.69) is 158 Å². The van der Waals surface area contributed by atoms with Crippen molar-refractivity contribution in [2.75, 3.05) is 0 Å². The minimum atomic E-state index is -0.0727. The maximum Gasteiger partial charge on any atom is 0.164 e. The van der Waals surface area contributed by atoms with E-state index in [0.717, 1.165) is 55.4 Å². The zero-order valence-electron chi connectivity index (χ0n) is 32.5. The second-order valence-electron chi connectivity index (χ2n) is 16.0. The van der Waals surface area contributed by atoms with E-state index in [0.29, 0.717) is 17.5 Å². The van der Waals surface area contributed by atoms with Crippen LogP contribution in [0.15, 0.2) is 186 Å². The number of furan rings is 1. The van der Waals surface area contributed by atoms with Gasteiger partial charge in [0, 0.05) is 49.3 Å². The standard InChI is InChI=1S/C54H36N4O/c1-54(2)42-21-11-9-18-39(42)49-43(54)30-31-45-50(49)40-19-10-12-22-44(40)58(45)37-27-24-35(25-28-37)52-55-51(34-16-7-4-8-17-34)56-53(57-52)36-26-29-41-47(32-36)59-46-23-13-20-38(48(41)46)33-14-5-3-6-15-33/h3-32H,1-2H3. The molecule has 8 aromatic carbocycles. The molecule has 0 spiro atoms. The summed E-state index contributed by atoms with van der Waals surface area (Å²) in [6.07, 6.45) is 0. The summed E-state index contributed by atoms with van der Waals surface area (Å²) in [6, 6.07) is 64.0. The van der Waals surface area contributed by atoms with Gasteiger partial charge < -0.3 is 8.98 Å². The molecular weight excluding hydrogens is 721 g/mol. The van der Waals surface area contributed by atoms with Crippen molar-refractivity contribution in [1.29, 1.82) is 0 Å². The van der Waals surface area contributed by atoms with Gasteiger partial charge in [-0.3, -0.25) is 0 Å². The molecule has 1 aliphatic carbocycles. The lowest BCUT2D eigenvalue weighted by Crippen LogP contribution is -2.14. The van der Waals surface area contributed by atoms with Crippen LogP contribution in [0.1, 0.15) is 25.0 Å². The largest absolute Gasteiger partial charge is 0.456 e. The van der Waals surface area contributed by atoms with E-state index in [9.17, 15) is 0 Å². The summed E-state index contributed by atoms with van der Waals surface area (Å²) in [5.41, 5.74) is 15.4. The van der Waals surface area contributed by atoms with E-state index in [1.165, 1.54) is 44.1 Å². The summed E-state index contributed by atoms with van der Waals surface area (Å²) in [5.74, 6) is 1.81. The van der Waals surface area contributed by atoms with Crippen LogP contribution in [0.2, 0.25) is 0 Å². The Labute approximate surface area is 340 Å². The summed E-state index contributed by atoms with van der Waals surface area (Å²) in [5, 5.41) is 4.71. The molecular formula is C54H36N4O. The van der Waals surface area contributed by atoms with Gasteiger partial charge in [-0.1, -0.05) is 141 Å². The van der Waals surface area contributed by atoms with Crippen LogP contribution in [-0.4, -0.2) is 19.5 Å². The second-order valence-corrected chi connectivity index (χ2v) is 16.0. The topological polar surface area (TPSA) is 56.7 Å². The van der Waals surface area contributed by atoms with Gasteiger partial charge in [0.25, 0.3) is 0 Å². The summed E-state index contributed by atoms with van der Waals surface area (Å²) in [6.45, 7) is 4.69. The first-order valence-electron chi connectivity index (χ1n) is 20.1. The number of nitrogens with zero attached hydrogens (tertiary/aromatic N) is 4. The molecule has 5 nitrogen and oxygen atoms in total. The summed E-state index contributed by atoms with van der Waals surface area (Å²) >= 11 is 0.